The standard InChI is InChI=1S/C13H21N3O2/c1-5-13(9(2)3)15-11-6-10(14-4)7-12(8-11)16(17)18/h6-9,13-15H,5H2,1-4H3. The van der Waals surface area contributed by atoms with Crippen LogP contribution in [0.1, 0.15) is 27.2 Å². The molecule has 1 rings (SSSR count). The third kappa shape index (κ3) is 3.61. The molecule has 0 radical (unpaired) electrons. The number of non-ortho nitro benzene ring substituents is 1. The minimum absolute atomic E-state index is 0.1000. The van der Waals surface area contributed by atoms with Gasteiger partial charge in [-0.3, -0.25) is 10.1 Å². The van der Waals surface area contributed by atoms with Crippen LogP contribution < -0.4 is 10.6 Å². The van der Waals surface area contributed by atoms with Crippen LogP contribution in [-0.4, -0.2) is 18.0 Å². The molecule has 18 heavy (non-hydrogen) atoms. The maximum absolute atomic E-state index is 10.9. The number of rotatable bonds is 6. The highest BCUT2D eigenvalue weighted by atomic mass is 16.6. The summed E-state index contributed by atoms with van der Waals surface area (Å²) in [7, 11) is 1.75. The van der Waals surface area contributed by atoms with Gasteiger partial charge in [0.2, 0.25) is 0 Å². The van der Waals surface area contributed by atoms with Gasteiger partial charge in [0.05, 0.1) is 4.92 Å². The number of hydrogen-bond acceptors (Lipinski definition) is 4. The normalized spacial score (nSPS) is 12.3. The van der Waals surface area contributed by atoms with E-state index in [-0.39, 0.29) is 10.6 Å². The van der Waals surface area contributed by atoms with Crippen LogP contribution in [0.15, 0.2) is 18.2 Å². The summed E-state index contributed by atoms with van der Waals surface area (Å²) in [5.74, 6) is 0.479. The van der Waals surface area contributed by atoms with Crippen LogP contribution in [0.3, 0.4) is 0 Å². The molecule has 100 valence electrons. The van der Waals surface area contributed by atoms with Gasteiger partial charge in [0.25, 0.3) is 5.69 Å². The molecule has 5 heteroatoms. The van der Waals surface area contributed by atoms with Crippen LogP contribution >= 0.6 is 0 Å². The maximum atomic E-state index is 10.9. The van der Waals surface area contributed by atoms with Crippen molar-refractivity contribution in [3.63, 3.8) is 0 Å². The number of benzene rings is 1. The number of nitrogens with zero attached hydrogens (tertiary/aromatic N) is 1. The molecule has 1 atom stereocenters. The summed E-state index contributed by atoms with van der Waals surface area (Å²) < 4.78 is 0. The highest BCUT2D eigenvalue weighted by Crippen LogP contribution is 2.25. The third-order valence-corrected chi connectivity index (χ3v) is 3.01. The van der Waals surface area contributed by atoms with Crippen LogP contribution in [0.4, 0.5) is 17.1 Å². The van der Waals surface area contributed by atoms with E-state index in [1.54, 1.807) is 13.1 Å². The molecule has 0 saturated carbocycles. The second-order valence-electron chi connectivity index (χ2n) is 4.68. The Morgan fingerprint density at radius 2 is 1.89 bits per heavy atom. The van der Waals surface area contributed by atoms with E-state index < -0.39 is 0 Å². The summed E-state index contributed by atoms with van der Waals surface area (Å²) in [6.07, 6.45) is 0.981. The summed E-state index contributed by atoms with van der Waals surface area (Å²) >= 11 is 0. The number of anilines is 2. The zero-order valence-electron chi connectivity index (χ0n) is 11.4. The molecule has 0 amide bonds. The quantitative estimate of drug-likeness (QED) is 0.600. The number of nitro benzene ring substituents is 1. The molecule has 0 saturated heterocycles. The smallest absolute Gasteiger partial charge is 0.273 e. The summed E-state index contributed by atoms with van der Waals surface area (Å²) in [5, 5.41) is 17.2. The van der Waals surface area contributed by atoms with E-state index in [4.69, 9.17) is 0 Å². The Bertz CT molecular complexity index is 419. The molecule has 0 aliphatic carbocycles. The van der Waals surface area contributed by atoms with Gasteiger partial charge in [-0.15, -0.1) is 0 Å². The largest absolute Gasteiger partial charge is 0.388 e. The first-order valence-corrected chi connectivity index (χ1v) is 6.21. The molecule has 1 aromatic carbocycles. The molecule has 0 aromatic heterocycles. The lowest BCUT2D eigenvalue weighted by atomic mass is 10.0. The Morgan fingerprint density at radius 1 is 1.28 bits per heavy atom. The minimum atomic E-state index is -0.373. The minimum Gasteiger partial charge on any atom is -0.388 e. The van der Waals surface area contributed by atoms with Gasteiger partial charge in [0.15, 0.2) is 0 Å². The van der Waals surface area contributed by atoms with E-state index in [9.17, 15) is 10.1 Å². The highest BCUT2D eigenvalue weighted by molar-refractivity contribution is 5.63. The molecule has 0 spiro atoms. The first-order valence-electron chi connectivity index (χ1n) is 6.21. The first kappa shape index (κ1) is 14.3. The molecule has 0 bridgehead atoms. The van der Waals surface area contributed by atoms with E-state index >= 15 is 0 Å². The monoisotopic (exact) mass is 251 g/mol. The van der Waals surface area contributed by atoms with Crippen molar-refractivity contribution < 1.29 is 4.92 Å². The Hall–Kier alpha value is -1.78. The van der Waals surface area contributed by atoms with Crippen molar-refractivity contribution in [2.75, 3.05) is 17.7 Å². The molecule has 1 unspecified atom stereocenters. The Labute approximate surface area is 108 Å². The molecule has 1 aromatic rings. The van der Waals surface area contributed by atoms with E-state index in [2.05, 4.69) is 31.4 Å². The molecular formula is C13H21N3O2. The number of nitro groups is 1. The van der Waals surface area contributed by atoms with E-state index in [0.717, 1.165) is 17.8 Å². The number of hydrogen-bond donors (Lipinski definition) is 2. The van der Waals surface area contributed by atoms with Crippen molar-refractivity contribution in [3.05, 3.63) is 28.3 Å². The fourth-order valence-corrected chi connectivity index (χ4v) is 1.90. The SMILES string of the molecule is CCC(Nc1cc(NC)cc([N+](=O)[O-])c1)C(C)C. The predicted molar refractivity (Wildman–Crippen MR) is 75.2 cm³/mol. The Balaban J connectivity index is 3.00. The van der Waals surface area contributed by atoms with Crippen molar-refractivity contribution in [2.45, 2.75) is 33.2 Å². The van der Waals surface area contributed by atoms with E-state index in [0.29, 0.717) is 12.0 Å². The van der Waals surface area contributed by atoms with Crippen LogP contribution in [0, 0.1) is 16.0 Å². The van der Waals surface area contributed by atoms with Crippen molar-refractivity contribution in [3.8, 4) is 0 Å². The lowest BCUT2D eigenvalue weighted by Gasteiger charge is -2.22. The Kier molecular flexibility index (Phi) is 4.95. The summed E-state index contributed by atoms with van der Waals surface area (Å²) in [6, 6.07) is 5.31. The van der Waals surface area contributed by atoms with Crippen LogP contribution in [0.5, 0.6) is 0 Å². The lowest BCUT2D eigenvalue weighted by molar-refractivity contribution is -0.384. The second-order valence-corrected chi connectivity index (χ2v) is 4.68. The molecule has 0 fully saturated rings. The zero-order valence-corrected chi connectivity index (χ0v) is 11.4. The van der Waals surface area contributed by atoms with Gasteiger partial charge in [0, 0.05) is 36.6 Å². The van der Waals surface area contributed by atoms with E-state index in [1.165, 1.54) is 6.07 Å². The van der Waals surface area contributed by atoms with Gasteiger partial charge in [-0.2, -0.15) is 0 Å². The molecule has 5 nitrogen and oxygen atoms in total. The van der Waals surface area contributed by atoms with Crippen LogP contribution in [0.25, 0.3) is 0 Å². The van der Waals surface area contributed by atoms with Gasteiger partial charge in [0.1, 0.15) is 0 Å². The fourth-order valence-electron chi connectivity index (χ4n) is 1.90. The van der Waals surface area contributed by atoms with Crippen LogP contribution in [-0.2, 0) is 0 Å². The van der Waals surface area contributed by atoms with Crippen molar-refractivity contribution in [2.24, 2.45) is 5.92 Å². The first-order chi connectivity index (χ1) is 8.47. The average molecular weight is 251 g/mol. The third-order valence-electron chi connectivity index (χ3n) is 3.01. The number of nitrogens with one attached hydrogen (secondary N) is 2. The zero-order chi connectivity index (χ0) is 13.7. The highest BCUT2D eigenvalue weighted by Gasteiger charge is 2.14. The average Bonchev–Trinajstić information content (AvgIpc) is 2.34. The van der Waals surface area contributed by atoms with Gasteiger partial charge >= 0.3 is 0 Å². The molecule has 0 aliphatic rings. The second kappa shape index (κ2) is 6.23. The predicted octanol–water partition coefficient (Wildman–Crippen LogP) is 3.48. The summed E-state index contributed by atoms with van der Waals surface area (Å²) in [6.45, 7) is 6.38. The molecule has 0 aliphatic heterocycles. The van der Waals surface area contributed by atoms with Crippen LogP contribution in [0.2, 0.25) is 0 Å². The van der Waals surface area contributed by atoms with Gasteiger partial charge in [-0.25, -0.2) is 0 Å². The van der Waals surface area contributed by atoms with Crippen molar-refractivity contribution in [1.29, 1.82) is 0 Å². The molecular weight excluding hydrogens is 230 g/mol. The Morgan fingerprint density at radius 3 is 2.33 bits per heavy atom. The van der Waals surface area contributed by atoms with Gasteiger partial charge in [-0.1, -0.05) is 20.8 Å². The lowest BCUT2D eigenvalue weighted by Crippen LogP contribution is -2.24. The topological polar surface area (TPSA) is 67.2 Å². The summed E-state index contributed by atoms with van der Waals surface area (Å²) in [5.41, 5.74) is 1.63. The van der Waals surface area contributed by atoms with E-state index in [1.807, 2.05) is 6.07 Å². The van der Waals surface area contributed by atoms with Crippen molar-refractivity contribution in [1.82, 2.24) is 0 Å². The van der Waals surface area contributed by atoms with Crippen molar-refractivity contribution >= 4 is 17.1 Å². The molecule has 0 heterocycles. The molecule has 2 N–H and O–H groups in total. The summed E-state index contributed by atoms with van der Waals surface area (Å²) in [4.78, 5) is 10.5. The maximum Gasteiger partial charge on any atom is 0.273 e. The fraction of sp³-hybridized carbons (Fsp3) is 0.538. The van der Waals surface area contributed by atoms with Gasteiger partial charge in [-0.05, 0) is 18.4 Å². The van der Waals surface area contributed by atoms with Gasteiger partial charge < -0.3 is 10.6 Å².